The SMILES string of the molecule is CC(C)N(CCCO)C(=O)C12CC3CC(CC(C)(C3)C1)C2. The van der Waals surface area contributed by atoms with Crippen LogP contribution in [0.15, 0.2) is 0 Å². The zero-order chi connectivity index (χ0) is 15.3. The molecule has 21 heavy (non-hydrogen) atoms. The zero-order valence-electron chi connectivity index (χ0n) is 13.9. The van der Waals surface area contributed by atoms with E-state index in [9.17, 15) is 4.79 Å². The summed E-state index contributed by atoms with van der Waals surface area (Å²) in [5.74, 6) is 1.96. The minimum atomic E-state index is -0.0709. The first-order chi connectivity index (χ1) is 9.87. The van der Waals surface area contributed by atoms with Gasteiger partial charge in [0.2, 0.25) is 5.91 Å². The maximum Gasteiger partial charge on any atom is 0.229 e. The Balaban J connectivity index is 1.82. The molecule has 0 spiro atoms. The fourth-order valence-corrected chi connectivity index (χ4v) is 6.11. The Morgan fingerprint density at radius 3 is 2.33 bits per heavy atom. The summed E-state index contributed by atoms with van der Waals surface area (Å²) in [5, 5.41) is 9.12. The highest BCUT2D eigenvalue weighted by atomic mass is 16.3. The molecule has 0 heterocycles. The van der Waals surface area contributed by atoms with Crippen molar-refractivity contribution in [2.24, 2.45) is 22.7 Å². The molecular weight excluding hydrogens is 262 g/mol. The first kappa shape index (κ1) is 15.3. The van der Waals surface area contributed by atoms with Crippen LogP contribution in [0.5, 0.6) is 0 Å². The van der Waals surface area contributed by atoms with Gasteiger partial charge in [-0.1, -0.05) is 6.92 Å². The summed E-state index contributed by atoms with van der Waals surface area (Å²) in [6.45, 7) is 7.52. The summed E-state index contributed by atoms with van der Waals surface area (Å²) in [6, 6.07) is 0.241. The van der Waals surface area contributed by atoms with Gasteiger partial charge in [0.25, 0.3) is 0 Å². The highest BCUT2D eigenvalue weighted by molar-refractivity contribution is 5.83. The van der Waals surface area contributed by atoms with E-state index in [2.05, 4.69) is 20.8 Å². The molecule has 4 rings (SSSR count). The van der Waals surface area contributed by atoms with Crippen molar-refractivity contribution >= 4 is 5.91 Å². The maximum absolute atomic E-state index is 13.3. The second-order valence-corrected chi connectivity index (χ2v) is 8.72. The number of nitrogens with zero attached hydrogens (tertiary/aromatic N) is 1. The Hall–Kier alpha value is -0.570. The Morgan fingerprint density at radius 1 is 1.24 bits per heavy atom. The van der Waals surface area contributed by atoms with Gasteiger partial charge in [-0.25, -0.2) is 0 Å². The van der Waals surface area contributed by atoms with Gasteiger partial charge in [0.1, 0.15) is 0 Å². The van der Waals surface area contributed by atoms with Gasteiger partial charge < -0.3 is 10.0 Å². The predicted molar refractivity (Wildman–Crippen MR) is 83.8 cm³/mol. The van der Waals surface area contributed by atoms with Crippen molar-refractivity contribution in [1.82, 2.24) is 4.90 Å². The maximum atomic E-state index is 13.3. The van der Waals surface area contributed by atoms with Crippen LogP contribution >= 0.6 is 0 Å². The van der Waals surface area contributed by atoms with Crippen LogP contribution in [0.25, 0.3) is 0 Å². The smallest absolute Gasteiger partial charge is 0.229 e. The summed E-state index contributed by atoms with van der Waals surface area (Å²) < 4.78 is 0. The van der Waals surface area contributed by atoms with Crippen LogP contribution in [-0.2, 0) is 4.79 Å². The number of rotatable bonds is 5. The molecule has 0 aliphatic heterocycles. The first-order valence-electron chi connectivity index (χ1n) is 8.79. The Labute approximate surface area is 129 Å². The quantitative estimate of drug-likeness (QED) is 0.845. The first-order valence-corrected chi connectivity index (χ1v) is 8.79. The van der Waals surface area contributed by atoms with E-state index in [1.807, 2.05) is 4.90 Å². The van der Waals surface area contributed by atoms with Crippen molar-refractivity contribution in [1.29, 1.82) is 0 Å². The van der Waals surface area contributed by atoms with E-state index in [-0.39, 0.29) is 18.1 Å². The van der Waals surface area contributed by atoms with Crippen LogP contribution in [0.3, 0.4) is 0 Å². The van der Waals surface area contributed by atoms with Crippen LogP contribution in [-0.4, -0.2) is 35.1 Å². The van der Waals surface area contributed by atoms with Crippen LogP contribution in [0.1, 0.15) is 65.7 Å². The average molecular weight is 293 g/mol. The third kappa shape index (κ3) is 2.62. The standard InChI is InChI=1S/C18H31NO2/c1-13(2)19(5-4-6-20)16(21)18-10-14-7-15(11-18)9-17(3,8-14)12-18/h13-15,20H,4-12H2,1-3H3. The average Bonchev–Trinajstić information content (AvgIpc) is 2.35. The zero-order valence-corrected chi connectivity index (χ0v) is 13.9. The number of carbonyl (C=O) groups is 1. The van der Waals surface area contributed by atoms with E-state index >= 15 is 0 Å². The van der Waals surface area contributed by atoms with Crippen molar-refractivity contribution in [3.05, 3.63) is 0 Å². The lowest BCUT2D eigenvalue weighted by Gasteiger charge is -2.61. The van der Waals surface area contributed by atoms with Gasteiger partial charge in [0, 0.05) is 19.2 Å². The van der Waals surface area contributed by atoms with E-state index in [0.29, 0.717) is 24.3 Å². The van der Waals surface area contributed by atoms with Gasteiger partial charge in [-0.3, -0.25) is 4.79 Å². The highest BCUT2D eigenvalue weighted by Crippen LogP contribution is 2.65. The largest absolute Gasteiger partial charge is 0.396 e. The molecule has 0 aromatic carbocycles. The normalized spacial score (nSPS) is 40.8. The van der Waals surface area contributed by atoms with Crippen molar-refractivity contribution in [2.45, 2.75) is 71.8 Å². The van der Waals surface area contributed by atoms with E-state index in [1.54, 1.807) is 0 Å². The van der Waals surface area contributed by atoms with Gasteiger partial charge >= 0.3 is 0 Å². The minimum Gasteiger partial charge on any atom is -0.396 e. The molecule has 1 N–H and O–H groups in total. The van der Waals surface area contributed by atoms with Crippen molar-refractivity contribution in [3.63, 3.8) is 0 Å². The molecule has 4 saturated carbocycles. The van der Waals surface area contributed by atoms with Crippen molar-refractivity contribution in [2.75, 3.05) is 13.2 Å². The molecule has 3 nitrogen and oxygen atoms in total. The number of carbonyl (C=O) groups excluding carboxylic acids is 1. The molecular formula is C18H31NO2. The van der Waals surface area contributed by atoms with E-state index in [0.717, 1.165) is 31.1 Å². The molecule has 2 unspecified atom stereocenters. The van der Waals surface area contributed by atoms with Gasteiger partial charge in [-0.05, 0) is 76.0 Å². The summed E-state index contributed by atoms with van der Waals surface area (Å²) >= 11 is 0. The highest BCUT2D eigenvalue weighted by Gasteiger charge is 2.59. The Morgan fingerprint density at radius 2 is 1.86 bits per heavy atom. The molecule has 4 bridgehead atoms. The second kappa shape index (κ2) is 5.26. The molecule has 0 saturated heterocycles. The lowest BCUT2D eigenvalue weighted by Crippen LogP contribution is -2.58. The van der Waals surface area contributed by atoms with Gasteiger partial charge in [-0.2, -0.15) is 0 Å². The molecule has 0 aromatic heterocycles. The van der Waals surface area contributed by atoms with E-state index < -0.39 is 0 Å². The number of aliphatic hydroxyl groups is 1. The fraction of sp³-hybridized carbons (Fsp3) is 0.944. The number of amides is 1. The monoisotopic (exact) mass is 293 g/mol. The molecule has 0 aromatic rings. The van der Waals surface area contributed by atoms with Crippen LogP contribution in [0, 0.1) is 22.7 Å². The van der Waals surface area contributed by atoms with Crippen LogP contribution < -0.4 is 0 Å². The number of aliphatic hydroxyl groups excluding tert-OH is 1. The number of hydrogen-bond acceptors (Lipinski definition) is 2. The lowest BCUT2D eigenvalue weighted by molar-refractivity contribution is -0.168. The summed E-state index contributed by atoms with van der Waals surface area (Å²) in [5.41, 5.74) is 0.345. The molecule has 4 aliphatic rings. The molecule has 3 heteroatoms. The molecule has 2 atom stereocenters. The molecule has 1 amide bonds. The van der Waals surface area contributed by atoms with Crippen LogP contribution in [0.4, 0.5) is 0 Å². The summed E-state index contributed by atoms with van der Waals surface area (Å²) in [4.78, 5) is 15.4. The Kier molecular flexibility index (Phi) is 3.84. The van der Waals surface area contributed by atoms with E-state index in [1.165, 1.54) is 19.3 Å². The second-order valence-electron chi connectivity index (χ2n) is 8.72. The molecule has 0 radical (unpaired) electrons. The minimum absolute atomic E-state index is 0.0709. The van der Waals surface area contributed by atoms with Gasteiger partial charge in [0.15, 0.2) is 0 Å². The van der Waals surface area contributed by atoms with Gasteiger partial charge in [-0.15, -0.1) is 0 Å². The van der Waals surface area contributed by atoms with Gasteiger partial charge in [0.05, 0.1) is 5.41 Å². The van der Waals surface area contributed by atoms with Crippen molar-refractivity contribution in [3.8, 4) is 0 Å². The fourth-order valence-electron chi connectivity index (χ4n) is 6.11. The van der Waals surface area contributed by atoms with Crippen molar-refractivity contribution < 1.29 is 9.90 Å². The third-order valence-corrected chi connectivity index (χ3v) is 6.25. The summed E-state index contributed by atoms with van der Waals surface area (Å²) in [7, 11) is 0. The topological polar surface area (TPSA) is 40.5 Å². The lowest BCUT2D eigenvalue weighted by atomic mass is 9.44. The predicted octanol–water partition coefficient (Wildman–Crippen LogP) is 3.21. The molecule has 4 fully saturated rings. The third-order valence-electron chi connectivity index (χ3n) is 6.25. The molecule has 4 aliphatic carbocycles. The summed E-state index contributed by atoms with van der Waals surface area (Å²) in [6.07, 6.45) is 8.11. The van der Waals surface area contributed by atoms with Crippen LogP contribution in [0.2, 0.25) is 0 Å². The number of hydrogen-bond donors (Lipinski definition) is 1. The molecule has 120 valence electrons. The van der Waals surface area contributed by atoms with E-state index in [4.69, 9.17) is 5.11 Å². The Bertz CT molecular complexity index is 403.